The molecule has 1 atom stereocenters. The molecule has 2 aromatic carbocycles. The molecular formula is C28H39N3O4S. The van der Waals surface area contributed by atoms with Crippen molar-refractivity contribution in [3.05, 3.63) is 65.2 Å². The number of sulfonamides is 1. The molecule has 2 amide bonds. The van der Waals surface area contributed by atoms with Gasteiger partial charge in [0.2, 0.25) is 21.8 Å². The molecule has 0 bridgehead atoms. The molecule has 196 valence electrons. The number of nitrogens with one attached hydrogen (secondary N) is 1. The van der Waals surface area contributed by atoms with Gasteiger partial charge in [-0.1, -0.05) is 55.7 Å². The summed E-state index contributed by atoms with van der Waals surface area (Å²) >= 11 is 0. The van der Waals surface area contributed by atoms with Crippen molar-refractivity contribution in [1.82, 2.24) is 10.2 Å². The molecule has 36 heavy (non-hydrogen) atoms. The zero-order valence-electron chi connectivity index (χ0n) is 21.9. The first-order valence-corrected chi connectivity index (χ1v) is 14.6. The van der Waals surface area contributed by atoms with Gasteiger partial charge in [-0.2, -0.15) is 0 Å². The van der Waals surface area contributed by atoms with Gasteiger partial charge in [0.25, 0.3) is 0 Å². The van der Waals surface area contributed by atoms with Gasteiger partial charge in [0, 0.05) is 12.6 Å². The molecule has 1 N–H and O–H groups in total. The predicted octanol–water partition coefficient (Wildman–Crippen LogP) is 3.98. The summed E-state index contributed by atoms with van der Waals surface area (Å²) in [5.74, 6) is -0.596. The number of hydrogen-bond donors (Lipinski definition) is 1. The van der Waals surface area contributed by atoms with Gasteiger partial charge in [-0.05, 0) is 68.9 Å². The Hall–Kier alpha value is -2.87. The fourth-order valence-corrected chi connectivity index (χ4v) is 5.47. The lowest BCUT2D eigenvalue weighted by Crippen LogP contribution is -2.53. The van der Waals surface area contributed by atoms with Gasteiger partial charge in [-0.3, -0.25) is 13.9 Å². The Labute approximate surface area is 215 Å². The fourth-order valence-electron chi connectivity index (χ4n) is 4.63. The third kappa shape index (κ3) is 7.56. The van der Waals surface area contributed by atoms with Crippen molar-refractivity contribution in [2.75, 3.05) is 23.7 Å². The van der Waals surface area contributed by atoms with Crippen LogP contribution in [0.15, 0.2) is 48.5 Å². The summed E-state index contributed by atoms with van der Waals surface area (Å²) in [6.45, 7) is 5.53. The summed E-state index contributed by atoms with van der Waals surface area (Å²) in [5.41, 5.74) is 3.46. The number of nitrogens with zero attached hydrogens (tertiary/aromatic N) is 2. The minimum atomic E-state index is -3.73. The number of carbonyl (C=O) groups excluding carboxylic acids is 2. The number of benzene rings is 2. The Morgan fingerprint density at radius 2 is 1.67 bits per heavy atom. The zero-order valence-corrected chi connectivity index (χ0v) is 22.7. The molecule has 0 aromatic heterocycles. The fraction of sp³-hybridized carbons (Fsp3) is 0.500. The van der Waals surface area contributed by atoms with E-state index in [2.05, 4.69) is 5.32 Å². The van der Waals surface area contributed by atoms with Crippen LogP contribution in [0.2, 0.25) is 0 Å². The lowest BCUT2D eigenvalue weighted by Gasteiger charge is -2.33. The summed E-state index contributed by atoms with van der Waals surface area (Å²) in [5, 5.41) is 3.12. The van der Waals surface area contributed by atoms with E-state index in [1.165, 1.54) is 11.3 Å². The van der Waals surface area contributed by atoms with Crippen LogP contribution in [0.5, 0.6) is 0 Å². The molecular weight excluding hydrogens is 474 g/mol. The van der Waals surface area contributed by atoms with Gasteiger partial charge in [0.05, 0.1) is 11.9 Å². The maximum atomic E-state index is 13.6. The molecule has 0 radical (unpaired) electrons. The van der Waals surface area contributed by atoms with Crippen molar-refractivity contribution in [2.45, 2.75) is 71.4 Å². The molecule has 3 rings (SSSR count). The maximum absolute atomic E-state index is 13.6. The maximum Gasteiger partial charge on any atom is 0.244 e. The Morgan fingerprint density at radius 3 is 2.28 bits per heavy atom. The largest absolute Gasteiger partial charge is 0.352 e. The third-order valence-electron chi connectivity index (χ3n) is 7.06. The zero-order chi connectivity index (χ0) is 26.3. The quantitative estimate of drug-likeness (QED) is 0.521. The summed E-state index contributed by atoms with van der Waals surface area (Å²) in [6, 6.07) is 14.5. The van der Waals surface area contributed by atoms with Crippen LogP contribution in [0.4, 0.5) is 5.69 Å². The van der Waals surface area contributed by atoms with E-state index in [0.717, 1.165) is 52.9 Å². The molecule has 1 aliphatic rings. The van der Waals surface area contributed by atoms with E-state index in [1.54, 1.807) is 19.1 Å². The van der Waals surface area contributed by atoms with Gasteiger partial charge in [-0.25, -0.2) is 8.42 Å². The van der Waals surface area contributed by atoms with Crippen molar-refractivity contribution < 1.29 is 18.0 Å². The van der Waals surface area contributed by atoms with Crippen LogP contribution in [-0.4, -0.2) is 56.6 Å². The van der Waals surface area contributed by atoms with Gasteiger partial charge in [0.15, 0.2) is 0 Å². The molecule has 1 aliphatic carbocycles. The second-order valence-electron chi connectivity index (χ2n) is 9.88. The molecule has 0 heterocycles. The Balaban J connectivity index is 1.82. The van der Waals surface area contributed by atoms with Crippen LogP contribution in [-0.2, 0) is 26.0 Å². The Bertz CT molecular complexity index is 1140. The second-order valence-corrected chi connectivity index (χ2v) is 11.8. The van der Waals surface area contributed by atoms with E-state index in [9.17, 15) is 18.0 Å². The summed E-state index contributed by atoms with van der Waals surface area (Å²) in [7, 11) is -3.73. The lowest BCUT2D eigenvalue weighted by molar-refractivity contribution is -0.139. The van der Waals surface area contributed by atoms with Crippen LogP contribution < -0.4 is 9.62 Å². The number of carbonyl (C=O) groups is 2. The smallest absolute Gasteiger partial charge is 0.244 e. The van der Waals surface area contributed by atoms with E-state index in [1.807, 2.05) is 50.2 Å². The monoisotopic (exact) mass is 513 g/mol. The molecule has 0 saturated heterocycles. The standard InChI is InChI=1S/C28H39N3O4S/c1-21-15-16-26(19-22(21)2)31(36(4,34)35)20-27(32)30(18-17-24-11-7-5-8-12-24)23(3)28(33)29-25-13-9-6-10-14-25/h5,7-8,11-12,15-16,19,23,25H,6,9-10,13-14,17-18,20H2,1-4H3,(H,29,33)/t23-/m0/s1. The second kappa shape index (κ2) is 12.4. The molecule has 7 nitrogen and oxygen atoms in total. The summed E-state index contributed by atoms with van der Waals surface area (Å²) in [6.07, 6.45) is 6.93. The predicted molar refractivity (Wildman–Crippen MR) is 144 cm³/mol. The number of rotatable bonds is 10. The highest BCUT2D eigenvalue weighted by Crippen LogP contribution is 2.22. The highest BCUT2D eigenvalue weighted by atomic mass is 32.2. The molecule has 0 aliphatic heterocycles. The first-order chi connectivity index (χ1) is 17.1. The van der Waals surface area contributed by atoms with Crippen LogP contribution in [0.3, 0.4) is 0 Å². The highest BCUT2D eigenvalue weighted by Gasteiger charge is 2.31. The molecule has 2 aromatic rings. The van der Waals surface area contributed by atoms with Crippen molar-refractivity contribution in [1.29, 1.82) is 0 Å². The van der Waals surface area contributed by atoms with Crippen LogP contribution in [0, 0.1) is 13.8 Å². The molecule has 1 fully saturated rings. The lowest BCUT2D eigenvalue weighted by atomic mass is 9.95. The number of aryl methyl sites for hydroxylation is 2. The average molecular weight is 514 g/mol. The van der Waals surface area contributed by atoms with Crippen molar-refractivity contribution >= 4 is 27.5 Å². The van der Waals surface area contributed by atoms with Crippen LogP contribution in [0.25, 0.3) is 0 Å². The molecule has 8 heteroatoms. The first-order valence-electron chi connectivity index (χ1n) is 12.7. The average Bonchev–Trinajstić information content (AvgIpc) is 2.85. The van der Waals surface area contributed by atoms with E-state index >= 15 is 0 Å². The minimum Gasteiger partial charge on any atom is -0.352 e. The summed E-state index contributed by atoms with van der Waals surface area (Å²) < 4.78 is 26.5. The third-order valence-corrected chi connectivity index (χ3v) is 8.20. The SMILES string of the molecule is Cc1ccc(N(CC(=O)N(CCc2ccccc2)[C@@H](C)C(=O)NC2CCCCC2)S(C)(=O)=O)cc1C. The Kier molecular flexibility index (Phi) is 9.54. The van der Waals surface area contributed by atoms with Crippen molar-refractivity contribution in [3.63, 3.8) is 0 Å². The Morgan fingerprint density at radius 1 is 1.00 bits per heavy atom. The normalized spacial score (nSPS) is 15.2. The number of hydrogen-bond acceptors (Lipinski definition) is 4. The molecule has 0 spiro atoms. The topological polar surface area (TPSA) is 86.8 Å². The van der Waals surface area contributed by atoms with Gasteiger partial charge >= 0.3 is 0 Å². The molecule has 0 unspecified atom stereocenters. The van der Waals surface area contributed by atoms with E-state index in [-0.39, 0.29) is 18.5 Å². The van der Waals surface area contributed by atoms with Crippen molar-refractivity contribution in [3.8, 4) is 0 Å². The van der Waals surface area contributed by atoms with Crippen LogP contribution >= 0.6 is 0 Å². The van der Waals surface area contributed by atoms with Gasteiger partial charge in [0.1, 0.15) is 12.6 Å². The first kappa shape index (κ1) is 27.7. The van der Waals surface area contributed by atoms with Gasteiger partial charge < -0.3 is 10.2 Å². The summed E-state index contributed by atoms with van der Waals surface area (Å²) in [4.78, 5) is 28.3. The van der Waals surface area contributed by atoms with E-state index in [0.29, 0.717) is 18.7 Å². The minimum absolute atomic E-state index is 0.128. The van der Waals surface area contributed by atoms with Crippen molar-refractivity contribution in [2.24, 2.45) is 0 Å². The van der Waals surface area contributed by atoms with Gasteiger partial charge in [-0.15, -0.1) is 0 Å². The van der Waals surface area contributed by atoms with Crippen LogP contribution in [0.1, 0.15) is 55.7 Å². The number of anilines is 1. The molecule has 1 saturated carbocycles. The van der Waals surface area contributed by atoms with E-state index < -0.39 is 22.0 Å². The van der Waals surface area contributed by atoms with E-state index in [4.69, 9.17) is 0 Å². The highest BCUT2D eigenvalue weighted by molar-refractivity contribution is 7.92. The number of amides is 2.